The summed E-state index contributed by atoms with van der Waals surface area (Å²) in [6.45, 7) is 3.23. The third kappa shape index (κ3) is 5.53. The van der Waals surface area contributed by atoms with Gasteiger partial charge in [0.05, 0.1) is 19.8 Å². The maximum absolute atomic E-state index is 12.9. The minimum Gasteiger partial charge on any atom is -0.461 e. The highest BCUT2D eigenvalue weighted by molar-refractivity contribution is 5.95. The Morgan fingerprint density at radius 3 is 2.41 bits per heavy atom. The number of nitrogens with one attached hydrogen (secondary N) is 2. The van der Waals surface area contributed by atoms with Crippen LogP contribution in [0.4, 0.5) is 15.8 Å². The zero-order chi connectivity index (χ0) is 22.3. The number of carbonyl (C=O) groups is 1. The molecule has 1 aromatic heterocycles. The van der Waals surface area contributed by atoms with Gasteiger partial charge in [-0.15, -0.1) is 0 Å². The fourth-order valence-electron chi connectivity index (χ4n) is 3.41. The maximum Gasteiger partial charge on any atom is 0.354 e. The molecule has 1 heterocycles. The standard InChI is InChI=1S/C26H25FN2O3/c1-2-32-26(30)25-15-20-7-12-23(16-24(20)29-25)28-22-10-5-19(6-11-22)17-31-14-13-18-3-8-21(27)9-4-18/h3-12,15-16,28-29H,2,13-14,17H2,1H3. The van der Waals surface area contributed by atoms with E-state index in [0.29, 0.717) is 25.5 Å². The van der Waals surface area contributed by atoms with E-state index < -0.39 is 0 Å². The van der Waals surface area contributed by atoms with Crippen LogP contribution < -0.4 is 5.32 Å². The van der Waals surface area contributed by atoms with Crippen molar-refractivity contribution in [3.05, 3.63) is 95.4 Å². The fraction of sp³-hybridized carbons (Fsp3) is 0.192. The van der Waals surface area contributed by atoms with Crippen LogP contribution in [0.5, 0.6) is 0 Å². The van der Waals surface area contributed by atoms with Gasteiger partial charge in [-0.1, -0.05) is 30.3 Å². The van der Waals surface area contributed by atoms with Gasteiger partial charge in [-0.2, -0.15) is 0 Å². The SMILES string of the molecule is CCOC(=O)c1cc2ccc(Nc3ccc(COCCc4ccc(F)cc4)cc3)cc2[nH]1. The van der Waals surface area contributed by atoms with Gasteiger partial charge in [-0.3, -0.25) is 0 Å². The van der Waals surface area contributed by atoms with Crippen molar-refractivity contribution >= 4 is 28.2 Å². The first-order valence-corrected chi connectivity index (χ1v) is 10.6. The number of hydrogen-bond acceptors (Lipinski definition) is 4. The van der Waals surface area contributed by atoms with Crippen molar-refractivity contribution in [3.8, 4) is 0 Å². The zero-order valence-corrected chi connectivity index (χ0v) is 17.9. The van der Waals surface area contributed by atoms with Crippen LogP contribution in [0, 0.1) is 5.82 Å². The number of halogens is 1. The number of rotatable bonds is 9. The molecule has 0 aliphatic carbocycles. The van der Waals surface area contributed by atoms with Gasteiger partial charge in [0.1, 0.15) is 11.5 Å². The third-order valence-electron chi connectivity index (χ3n) is 5.08. The molecule has 0 fully saturated rings. The molecule has 0 amide bonds. The average Bonchev–Trinajstić information content (AvgIpc) is 3.23. The van der Waals surface area contributed by atoms with Gasteiger partial charge in [0.2, 0.25) is 0 Å². The lowest BCUT2D eigenvalue weighted by Crippen LogP contribution is -2.04. The predicted octanol–water partition coefficient (Wildman–Crippen LogP) is 5.99. The number of aromatic amines is 1. The highest BCUT2D eigenvalue weighted by Crippen LogP contribution is 2.23. The van der Waals surface area contributed by atoms with Gasteiger partial charge < -0.3 is 19.8 Å². The number of ether oxygens (including phenoxy) is 2. The quantitative estimate of drug-likeness (QED) is 0.252. The molecule has 0 spiro atoms. The summed E-state index contributed by atoms with van der Waals surface area (Å²) >= 11 is 0. The van der Waals surface area contributed by atoms with Crippen molar-refractivity contribution < 1.29 is 18.7 Å². The van der Waals surface area contributed by atoms with Gasteiger partial charge in [-0.25, -0.2) is 9.18 Å². The lowest BCUT2D eigenvalue weighted by atomic mass is 10.1. The smallest absolute Gasteiger partial charge is 0.354 e. The maximum atomic E-state index is 12.9. The van der Waals surface area contributed by atoms with Crippen LogP contribution in [0.3, 0.4) is 0 Å². The molecule has 0 atom stereocenters. The van der Waals surface area contributed by atoms with E-state index in [4.69, 9.17) is 9.47 Å². The molecule has 0 unspecified atom stereocenters. The Balaban J connectivity index is 1.30. The van der Waals surface area contributed by atoms with Crippen molar-refractivity contribution in [2.24, 2.45) is 0 Å². The normalized spacial score (nSPS) is 10.9. The van der Waals surface area contributed by atoms with Crippen molar-refractivity contribution in [1.29, 1.82) is 0 Å². The van der Waals surface area contributed by atoms with Crippen molar-refractivity contribution in [3.63, 3.8) is 0 Å². The Labute approximate surface area is 186 Å². The first-order valence-electron chi connectivity index (χ1n) is 10.6. The highest BCUT2D eigenvalue weighted by Gasteiger charge is 2.10. The predicted molar refractivity (Wildman–Crippen MR) is 124 cm³/mol. The Hall–Kier alpha value is -3.64. The summed E-state index contributed by atoms with van der Waals surface area (Å²) in [5, 5.41) is 4.32. The second-order valence-corrected chi connectivity index (χ2v) is 7.46. The highest BCUT2D eigenvalue weighted by atomic mass is 19.1. The molecule has 3 aromatic carbocycles. The van der Waals surface area contributed by atoms with Crippen LogP contribution in [0.25, 0.3) is 10.9 Å². The first-order chi connectivity index (χ1) is 15.6. The molecular weight excluding hydrogens is 407 g/mol. The van der Waals surface area contributed by atoms with Crippen molar-refractivity contribution in [2.45, 2.75) is 20.0 Å². The Morgan fingerprint density at radius 1 is 0.938 bits per heavy atom. The monoisotopic (exact) mass is 432 g/mol. The van der Waals surface area contributed by atoms with Crippen LogP contribution >= 0.6 is 0 Å². The van der Waals surface area contributed by atoms with Crippen LogP contribution in [0.2, 0.25) is 0 Å². The van der Waals surface area contributed by atoms with Crippen LogP contribution in [0.1, 0.15) is 28.5 Å². The zero-order valence-electron chi connectivity index (χ0n) is 17.9. The Morgan fingerprint density at radius 2 is 1.66 bits per heavy atom. The molecule has 2 N–H and O–H groups in total. The summed E-state index contributed by atoms with van der Waals surface area (Å²) in [6.07, 6.45) is 0.749. The molecule has 164 valence electrons. The number of anilines is 2. The number of esters is 1. The van der Waals surface area contributed by atoms with Gasteiger partial charge in [0, 0.05) is 22.3 Å². The molecule has 0 aliphatic rings. The summed E-state index contributed by atoms with van der Waals surface area (Å²) < 4.78 is 23.7. The number of carbonyl (C=O) groups excluding carboxylic acids is 1. The first kappa shape index (κ1) is 21.6. The Kier molecular flexibility index (Phi) is 6.82. The fourth-order valence-corrected chi connectivity index (χ4v) is 3.41. The van der Waals surface area contributed by atoms with Crippen molar-refractivity contribution in [2.75, 3.05) is 18.5 Å². The molecular formula is C26H25FN2O3. The van der Waals surface area contributed by atoms with E-state index in [-0.39, 0.29) is 11.8 Å². The number of aromatic nitrogens is 1. The number of fused-ring (bicyclic) bond motifs is 1. The molecule has 0 aliphatic heterocycles. The van der Waals surface area contributed by atoms with Gasteiger partial charge >= 0.3 is 5.97 Å². The lowest BCUT2D eigenvalue weighted by Gasteiger charge is -2.09. The minimum atomic E-state index is -0.353. The van der Waals surface area contributed by atoms with Gasteiger partial charge in [0.15, 0.2) is 0 Å². The summed E-state index contributed by atoms with van der Waals surface area (Å²) in [6, 6.07) is 22.2. The van der Waals surface area contributed by atoms with Crippen LogP contribution in [-0.4, -0.2) is 24.2 Å². The van der Waals surface area contributed by atoms with Gasteiger partial charge in [-0.05, 0) is 66.9 Å². The second kappa shape index (κ2) is 10.1. The van der Waals surface area contributed by atoms with E-state index in [1.807, 2.05) is 42.5 Å². The molecule has 4 aromatic rings. The number of benzene rings is 3. The Bertz CT molecular complexity index is 1180. The molecule has 0 radical (unpaired) electrons. The molecule has 5 nitrogen and oxygen atoms in total. The van der Waals surface area contributed by atoms with E-state index in [2.05, 4.69) is 10.3 Å². The topological polar surface area (TPSA) is 63.4 Å². The molecule has 6 heteroatoms. The number of hydrogen-bond donors (Lipinski definition) is 2. The van der Waals surface area contributed by atoms with Crippen molar-refractivity contribution in [1.82, 2.24) is 4.98 Å². The largest absolute Gasteiger partial charge is 0.461 e. The molecule has 0 saturated heterocycles. The van der Waals surface area contributed by atoms with E-state index >= 15 is 0 Å². The van der Waals surface area contributed by atoms with Crippen LogP contribution in [0.15, 0.2) is 72.8 Å². The molecule has 0 bridgehead atoms. The van der Waals surface area contributed by atoms with Gasteiger partial charge in [0.25, 0.3) is 0 Å². The van der Waals surface area contributed by atoms with E-state index in [1.54, 1.807) is 25.1 Å². The van der Waals surface area contributed by atoms with E-state index in [1.165, 1.54) is 12.1 Å². The van der Waals surface area contributed by atoms with Crippen LogP contribution in [-0.2, 0) is 22.5 Å². The summed E-state index contributed by atoms with van der Waals surface area (Å²) in [7, 11) is 0. The minimum absolute atomic E-state index is 0.224. The lowest BCUT2D eigenvalue weighted by molar-refractivity contribution is 0.0520. The summed E-state index contributed by atoms with van der Waals surface area (Å²) in [5.74, 6) is -0.578. The number of H-pyrrole nitrogens is 1. The summed E-state index contributed by atoms with van der Waals surface area (Å²) in [5.41, 5.74) is 5.31. The average molecular weight is 432 g/mol. The summed E-state index contributed by atoms with van der Waals surface area (Å²) in [4.78, 5) is 15.0. The van der Waals surface area contributed by atoms with E-state index in [0.717, 1.165) is 39.8 Å². The second-order valence-electron chi connectivity index (χ2n) is 7.46. The molecule has 32 heavy (non-hydrogen) atoms. The molecule has 4 rings (SSSR count). The van der Waals surface area contributed by atoms with E-state index in [9.17, 15) is 9.18 Å². The molecule has 0 saturated carbocycles. The third-order valence-corrected chi connectivity index (χ3v) is 5.08.